The molecule has 4 N–H and O–H groups in total. The number of fused-ring (bicyclic) bond motifs is 2. The van der Waals surface area contributed by atoms with Crippen molar-refractivity contribution in [2.75, 3.05) is 16.2 Å². The van der Waals surface area contributed by atoms with Crippen LogP contribution in [-0.2, 0) is 36.4 Å². The van der Waals surface area contributed by atoms with Gasteiger partial charge in [-0.05, 0) is 85.2 Å². The van der Waals surface area contributed by atoms with Gasteiger partial charge in [-0.2, -0.15) is 13.5 Å². The van der Waals surface area contributed by atoms with Crippen molar-refractivity contribution in [2.24, 2.45) is 13.0 Å². The molecule has 250 valence electrons. The minimum absolute atomic E-state index is 0.0187. The third-order valence-electron chi connectivity index (χ3n) is 9.65. The first-order chi connectivity index (χ1) is 22.9. The number of carbonyl (C=O) groups is 4. The first kappa shape index (κ1) is 31.5. The van der Waals surface area contributed by atoms with Crippen molar-refractivity contribution in [3.05, 3.63) is 59.5 Å². The van der Waals surface area contributed by atoms with Gasteiger partial charge in [-0.1, -0.05) is 12.1 Å². The van der Waals surface area contributed by atoms with Crippen molar-refractivity contribution in [1.82, 2.24) is 19.8 Å². The number of piperidine rings is 1. The summed E-state index contributed by atoms with van der Waals surface area (Å²) in [7, 11) is -2.47. The summed E-state index contributed by atoms with van der Waals surface area (Å²) in [6, 6.07) is 11.8. The van der Waals surface area contributed by atoms with Gasteiger partial charge in [0.15, 0.2) is 5.82 Å². The molecule has 7 rings (SSSR count). The normalized spacial score (nSPS) is 22.6. The Hall–Kier alpha value is -5.05. The van der Waals surface area contributed by atoms with Crippen LogP contribution in [0.2, 0.25) is 0 Å². The summed E-state index contributed by atoms with van der Waals surface area (Å²) in [6.07, 6.45) is 4.58. The average Bonchev–Trinajstić information content (AvgIpc) is 3.50. The van der Waals surface area contributed by atoms with Crippen molar-refractivity contribution in [1.29, 1.82) is 0 Å². The summed E-state index contributed by atoms with van der Waals surface area (Å²) in [5, 5.41) is 21.6. The second-order valence-corrected chi connectivity index (χ2v) is 14.4. The van der Waals surface area contributed by atoms with Crippen LogP contribution in [0.15, 0.2) is 42.5 Å². The largest absolute Gasteiger partial charge is 0.506 e. The minimum atomic E-state index is -4.32. The lowest BCUT2D eigenvalue weighted by Crippen LogP contribution is -2.39. The summed E-state index contributed by atoms with van der Waals surface area (Å²) in [5.74, 6) is -3.21. The lowest BCUT2D eigenvalue weighted by atomic mass is 9.77. The number of rotatable bonds is 6. The van der Waals surface area contributed by atoms with Crippen molar-refractivity contribution in [3.8, 4) is 5.75 Å². The average molecular weight is 677 g/mol. The molecule has 4 amide bonds. The second kappa shape index (κ2) is 11.9. The van der Waals surface area contributed by atoms with E-state index in [0.717, 1.165) is 36.6 Å². The first-order valence-electron chi connectivity index (χ1n) is 15.8. The molecule has 3 fully saturated rings. The topological polar surface area (TPSA) is 180 Å². The van der Waals surface area contributed by atoms with E-state index in [2.05, 4.69) is 27.9 Å². The third kappa shape index (κ3) is 5.71. The zero-order valence-electron chi connectivity index (χ0n) is 26.0. The van der Waals surface area contributed by atoms with Gasteiger partial charge < -0.3 is 10.4 Å². The van der Waals surface area contributed by atoms with Crippen molar-refractivity contribution in [2.45, 2.75) is 56.8 Å². The second-order valence-electron chi connectivity index (χ2n) is 12.8. The maximum atomic E-state index is 15.4. The number of phenols is 1. The van der Waals surface area contributed by atoms with E-state index >= 15 is 4.39 Å². The summed E-state index contributed by atoms with van der Waals surface area (Å²) >= 11 is 0. The van der Waals surface area contributed by atoms with Crippen molar-refractivity contribution >= 4 is 66.9 Å². The molecular formula is C33H33FN6O7S. The summed E-state index contributed by atoms with van der Waals surface area (Å²) < 4.78 is 43.8. The van der Waals surface area contributed by atoms with E-state index in [4.69, 9.17) is 0 Å². The van der Waals surface area contributed by atoms with Crippen LogP contribution >= 0.6 is 0 Å². The Labute approximate surface area is 274 Å². The van der Waals surface area contributed by atoms with Gasteiger partial charge in [0.2, 0.25) is 17.7 Å². The molecule has 13 nitrogen and oxygen atoms in total. The zero-order chi connectivity index (χ0) is 33.9. The summed E-state index contributed by atoms with van der Waals surface area (Å²) in [6.45, 7) is -0.651. The monoisotopic (exact) mass is 676 g/mol. The van der Waals surface area contributed by atoms with Crippen LogP contribution in [0.4, 0.5) is 15.8 Å². The Morgan fingerprint density at radius 3 is 2.48 bits per heavy atom. The SMILES string of the molecule is Cn1nc(C2CCC(=O)NC2=O)c2ccc(C3CCC(CC(=O)Nc4ccc5c(F)c(N6CC(=O)NS6(=O)=O)c(O)cc5c4)CC3)cc21. The molecule has 3 aliphatic rings. The number of anilines is 2. The predicted octanol–water partition coefficient (Wildman–Crippen LogP) is 3.58. The molecule has 1 atom stereocenters. The van der Waals surface area contributed by atoms with Gasteiger partial charge in [0.1, 0.15) is 18.0 Å². The van der Waals surface area contributed by atoms with Gasteiger partial charge >= 0.3 is 10.2 Å². The maximum absolute atomic E-state index is 15.4. The minimum Gasteiger partial charge on any atom is -0.506 e. The number of aromatic hydroxyl groups is 1. The maximum Gasteiger partial charge on any atom is 0.326 e. The fourth-order valence-corrected chi connectivity index (χ4v) is 8.40. The number of benzene rings is 3. The van der Waals surface area contributed by atoms with Crippen LogP contribution in [0.1, 0.15) is 68.0 Å². The molecule has 0 radical (unpaired) electrons. The number of carbonyl (C=O) groups excluding carboxylic acids is 4. The number of aryl methyl sites for hydroxylation is 1. The highest BCUT2D eigenvalue weighted by molar-refractivity contribution is 7.92. The smallest absolute Gasteiger partial charge is 0.326 e. The van der Waals surface area contributed by atoms with Gasteiger partial charge in [-0.25, -0.2) is 13.4 Å². The van der Waals surface area contributed by atoms with Crippen LogP contribution in [0.3, 0.4) is 0 Å². The van der Waals surface area contributed by atoms with Crippen molar-refractivity contribution in [3.63, 3.8) is 0 Å². The summed E-state index contributed by atoms with van der Waals surface area (Å²) in [5.41, 5.74) is 2.58. The molecule has 0 bridgehead atoms. The molecule has 48 heavy (non-hydrogen) atoms. The highest BCUT2D eigenvalue weighted by Crippen LogP contribution is 2.41. The molecule has 3 heterocycles. The number of phenolic OH excluding ortho intramolecular Hbond substituents is 1. The Morgan fingerprint density at radius 2 is 1.77 bits per heavy atom. The Bertz CT molecular complexity index is 2140. The van der Waals surface area contributed by atoms with E-state index < -0.39 is 45.8 Å². The van der Waals surface area contributed by atoms with E-state index in [9.17, 15) is 32.7 Å². The summed E-state index contributed by atoms with van der Waals surface area (Å²) in [4.78, 5) is 48.7. The zero-order valence-corrected chi connectivity index (χ0v) is 26.8. The Balaban J connectivity index is 0.982. The van der Waals surface area contributed by atoms with E-state index in [1.54, 1.807) is 9.40 Å². The molecule has 1 unspecified atom stereocenters. The van der Waals surface area contributed by atoms with Crippen molar-refractivity contribution < 1.29 is 37.1 Å². The quantitative estimate of drug-likeness (QED) is 0.224. The number of hydrogen-bond acceptors (Lipinski definition) is 8. The third-order valence-corrected chi connectivity index (χ3v) is 11.0. The predicted molar refractivity (Wildman–Crippen MR) is 174 cm³/mol. The van der Waals surface area contributed by atoms with Gasteiger partial charge in [0.25, 0.3) is 5.91 Å². The lowest BCUT2D eigenvalue weighted by Gasteiger charge is -2.28. The molecule has 1 aromatic heterocycles. The van der Waals surface area contributed by atoms with Gasteiger partial charge in [0.05, 0.1) is 17.1 Å². The highest BCUT2D eigenvalue weighted by atomic mass is 32.2. The van der Waals surface area contributed by atoms with Crippen LogP contribution in [0, 0.1) is 11.7 Å². The molecule has 3 aromatic carbocycles. The number of hydrogen-bond donors (Lipinski definition) is 4. The molecule has 15 heteroatoms. The standard InChI is InChI=1S/C33H33FN6O7S/c1-39-25-14-19(6-8-23(25)31(37-39)24-10-11-27(42)36-33(24)45)18-4-2-17(3-5-18)12-28(43)35-21-7-9-22-20(13-21)15-26(41)32(30(22)34)40-16-29(44)38-48(40,46)47/h6-9,13-15,17-18,24,41H,2-5,10-12,16H2,1H3,(H,35,43)(H,38,44)(H,36,42,45). The molecule has 4 aromatic rings. The van der Waals surface area contributed by atoms with Gasteiger partial charge in [-0.3, -0.25) is 29.2 Å². The number of amides is 4. The number of nitrogens with one attached hydrogen (secondary N) is 3. The molecule has 2 aliphatic heterocycles. The van der Waals surface area contributed by atoms with Gasteiger partial charge in [-0.15, -0.1) is 0 Å². The molecule has 0 spiro atoms. The fraction of sp³-hybridized carbons (Fsp3) is 0.364. The van der Waals surface area contributed by atoms with Crippen LogP contribution in [-0.4, -0.2) is 53.5 Å². The van der Waals surface area contributed by atoms with E-state index in [-0.39, 0.29) is 34.4 Å². The number of aromatic nitrogens is 2. The Morgan fingerprint density at radius 1 is 1.02 bits per heavy atom. The fourth-order valence-electron chi connectivity index (χ4n) is 7.24. The Kier molecular flexibility index (Phi) is 7.81. The first-order valence-corrected chi connectivity index (χ1v) is 17.2. The van der Waals surface area contributed by atoms with Crippen LogP contribution in [0.25, 0.3) is 21.7 Å². The lowest BCUT2D eigenvalue weighted by molar-refractivity contribution is -0.134. The number of nitrogens with zero attached hydrogens (tertiary/aromatic N) is 3. The number of halogens is 1. The molecule has 1 aliphatic carbocycles. The van der Waals surface area contributed by atoms with Gasteiger partial charge in [0, 0.05) is 36.3 Å². The van der Waals surface area contributed by atoms with E-state index in [1.807, 2.05) is 13.1 Å². The number of imide groups is 1. The van der Waals surface area contributed by atoms with E-state index in [1.165, 1.54) is 29.8 Å². The van der Waals surface area contributed by atoms with Crippen LogP contribution in [0.5, 0.6) is 5.75 Å². The molecule has 1 saturated carbocycles. The van der Waals surface area contributed by atoms with E-state index in [0.29, 0.717) is 40.9 Å². The molecule has 2 saturated heterocycles. The molecular weight excluding hydrogens is 643 g/mol. The highest BCUT2D eigenvalue weighted by Gasteiger charge is 2.38. The van der Waals surface area contributed by atoms with Crippen LogP contribution < -0.4 is 19.7 Å².